The van der Waals surface area contributed by atoms with Crippen LogP contribution in [0.15, 0.2) is 67.0 Å². The molecule has 0 atom stereocenters. The Morgan fingerprint density at radius 3 is 2.26 bits per heavy atom. The first-order chi connectivity index (χ1) is 11.4. The van der Waals surface area contributed by atoms with Crippen molar-refractivity contribution in [3.05, 3.63) is 78.2 Å². The SMILES string of the molecule is OCCCn1cnc(-c2ccccc2)c1CCc1ccccc1. The lowest BCUT2D eigenvalue weighted by atomic mass is 10.0. The van der Waals surface area contributed by atoms with Crippen molar-refractivity contribution in [2.24, 2.45) is 0 Å². The van der Waals surface area contributed by atoms with Gasteiger partial charge in [-0.25, -0.2) is 4.98 Å². The molecule has 0 aliphatic heterocycles. The quantitative estimate of drug-likeness (QED) is 0.722. The van der Waals surface area contributed by atoms with Gasteiger partial charge in [0.05, 0.1) is 12.0 Å². The molecule has 0 radical (unpaired) electrons. The van der Waals surface area contributed by atoms with E-state index in [1.807, 2.05) is 30.6 Å². The van der Waals surface area contributed by atoms with Crippen LogP contribution in [-0.4, -0.2) is 21.3 Å². The number of hydrogen-bond acceptors (Lipinski definition) is 2. The van der Waals surface area contributed by atoms with E-state index in [9.17, 15) is 0 Å². The summed E-state index contributed by atoms with van der Waals surface area (Å²) in [5, 5.41) is 9.12. The first-order valence-corrected chi connectivity index (χ1v) is 8.12. The summed E-state index contributed by atoms with van der Waals surface area (Å²) in [6.07, 6.45) is 4.59. The third-order valence-electron chi connectivity index (χ3n) is 4.04. The molecule has 3 aromatic rings. The standard InChI is InChI=1S/C20H22N2O/c23-15-7-14-22-16-21-20(18-10-5-2-6-11-18)19(22)13-12-17-8-3-1-4-9-17/h1-6,8-11,16,23H,7,12-15H2. The zero-order chi connectivity index (χ0) is 15.9. The molecule has 0 amide bonds. The Morgan fingerprint density at radius 1 is 0.870 bits per heavy atom. The topological polar surface area (TPSA) is 38.0 Å². The van der Waals surface area contributed by atoms with E-state index < -0.39 is 0 Å². The summed E-state index contributed by atoms with van der Waals surface area (Å²) in [5.41, 5.74) is 4.78. The van der Waals surface area contributed by atoms with Crippen LogP contribution in [0.3, 0.4) is 0 Å². The lowest BCUT2D eigenvalue weighted by molar-refractivity contribution is 0.279. The number of rotatable bonds is 7. The molecule has 118 valence electrons. The maximum absolute atomic E-state index is 9.12. The fourth-order valence-corrected chi connectivity index (χ4v) is 2.85. The van der Waals surface area contributed by atoms with Gasteiger partial charge in [0.15, 0.2) is 0 Å². The van der Waals surface area contributed by atoms with Crippen LogP contribution in [0.5, 0.6) is 0 Å². The van der Waals surface area contributed by atoms with Crippen molar-refractivity contribution >= 4 is 0 Å². The molecule has 1 aromatic heterocycles. The van der Waals surface area contributed by atoms with Crippen molar-refractivity contribution in [1.29, 1.82) is 0 Å². The lowest BCUT2D eigenvalue weighted by Crippen LogP contribution is -2.06. The van der Waals surface area contributed by atoms with E-state index in [1.165, 1.54) is 11.3 Å². The van der Waals surface area contributed by atoms with Gasteiger partial charge in [-0.2, -0.15) is 0 Å². The van der Waals surface area contributed by atoms with Gasteiger partial charge in [0.1, 0.15) is 0 Å². The first kappa shape index (κ1) is 15.5. The molecular formula is C20H22N2O. The molecule has 1 N–H and O–H groups in total. The summed E-state index contributed by atoms with van der Waals surface area (Å²) in [5.74, 6) is 0. The third-order valence-corrected chi connectivity index (χ3v) is 4.04. The van der Waals surface area contributed by atoms with E-state index in [2.05, 4.69) is 45.9 Å². The highest BCUT2D eigenvalue weighted by molar-refractivity contribution is 5.61. The Bertz CT molecular complexity index is 720. The van der Waals surface area contributed by atoms with Gasteiger partial charge < -0.3 is 9.67 Å². The molecule has 0 aliphatic carbocycles. The van der Waals surface area contributed by atoms with Crippen LogP contribution in [0.25, 0.3) is 11.3 Å². The fraction of sp³-hybridized carbons (Fsp3) is 0.250. The van der Waals surface area contributed by atoms with Crippen LogP contribution < -0.4 is 0 Å². The molecule has 0 saturated carbocycles. The molecule has 0 spiro atoms. The van der Waals surface area contributed by atoms with Crippen molar-refractivity contribution in [3.8, 4) is 11.3 Å². The highest BCUT2D eigenvalue weighted by Gasteiger charge is 2.12. The summed E-state index contributed by atoms with van der Waals surface area (Å²) >= 11 is 0. The van der Waals surface area contributed by atoms with Crippen LogP contribution in [-0.2, 0) is 19.4 Å². The molecular weight excluding hydrogens is 284 g/mol. The maximum Gasteiger partial charge on any atom is 0.0956 e. The molecule has 23 heavy (non-hydrogen) atoms. The minimum absolute atomic E-state index is 0.205. The van der Waals surface area contributed by atoms with Gasteiger partial charge in [0.25, 0.3) is 0 Å². The van der Waals surface area contributed by atoms with Crippen molar-refractivity contribution in [3.63, 3.8) is 0 Å². The largest absolute Gasteiger partial charge is 0.396 e. The van der Waals surface area contributed by atoms with E-state index in [0.29, 0.717) is 0 Å². The Hall–Kier alpha value is -2.39. The second-order valence-corrected chi connectivity index (χ2v) is 5.66. The van der Waals surface area contributed by atoms with Crippen LogP contribution in [0, 0.1) is 0 Å². The predicted molar refractivity (Wildman–Crippen MR) is 93.2 cm³/mol. The van der Waals surface area contributed by atoms with Gasteiger partial charge >= 0.3 is 0 Å². The maximum atomic E-state index is 9.12. The molecule has 0 saturated heterocycles. The predicted octanol–water partition coefficient (Wildman–Crippen LogP) is 3.72. The minimum Gasteiger partial charge on any atom is -0.396 e. The summed E-state index contributed by atoms with van der Waals surface area (Å²) in [6.45, 7) is 1.01. The van der Waals surface area contributed by atoms with Crippen molar-refractivity contribution in [2.75, 3.05) is 6.61 Å². The normalized spacial score (nSPS) is 10.8. The third kappa shape index (κ3) is 3.88. The minimum atomic E-state index is 0.205. The van der Waals surface area contributed by atoms with Gasteiger partial charge in [-0.3, -0.25) is 0 Å². The number of imidazole rings is 1. The average molecular weight is 306 g/mol. The van der Waals surface area contributed by atoms with Crippen molar-refractivity contribution in [1.82, 2.24) is 9.55 Å². The smallest absolute Gasteiger partial charge is 0.0956 e. The number of nitrogens with zero attached hydrogens (tertiary/aromatic N) is 2. The van der Waals surface area contributed by atoms with Gasteiger partial charge in [-0.05, 0) is 24.8 Å². The summed E-state index contributed by atoms with van der Waals surface area (Å²) < 4.78 is 2.18. The lowest BCUT2D eigenvalue weighted by Gasteiger charge is -2.10. The van der Waals surface area contributed by atoms with E-state index in [0.717, 1.165) is 37.1 Å². The Labute approximate surface area is 137 Å². The Morgan fingerprint density at radius 2 is 1.57 bits per heavy atom. The number of aryl methyl sites for hydroxylation is 2. The second kappa shape index (κ2) is 7.75. The molecule has 2 aromatic carbocycles. The number of hydrogen-bond donors (Lipinski definition) is 1. The van der Waals surface area contributed by atoms with E-state index in [-0.39, 0.29) is 6.61 Å². The van der Waals surface area contributed by atoms with E-state index in [4.69, 9.17) is 5.11 Å². The molecule has 0 bridgehead atoms. The van der Waals surface area contributed by atoms with Gasteiger partial charge in [-0.15, -0.1) is 0 Å². The second-order valence-electron chi connectivity index (χ2n) is 5.66. The molecule has 3 nitrogen and oxygen atoms in total. The van der Waals surface area contributed by atoms with Crippen molar-refractivity contribution in [2.45, 2.75) is 25.8 Å². The summed E-state index contributed by atoms with van der Waals surface area (Å²) in [4.78, 5) is 4.63. The Balaban J connectivity index is 1.86. The average Bonchev–Trinajstić information content (AvgIpc) is 3.02. The summed E-state index contributed by atoms with van der Waals surface area (Å²) in [6, 6.07) is 20.8. The van der Waals surface area contributed by atoms with Gasteiger partial charge in [-0.1, -0.05) is 60.7 Å². The van der Waals surface area contributed by atoms with Gasteiger partial charge in [0.2, 0.25) is 0 Å². The van der Waals surface area contributed by atoms with Crippen LogP contribution in [0.2, 0.25) is 0 Å². The molecule has 0 unspecified atom stereocenters. The molecule has 0 fully saturated rings. The monoisotopic (exact) mass is 306 g/mol. The van der Waals surface area contributed by atoms with E-state index >= 15 is 0 Å². The number of aliphatic hydroxyl groups excluding tert-OH is 1. The Kier molecular flexibility index (Phi) is 5.22. The van der Waals surface area contributed by atoms with Crippen LogP contribution in [0.4, 0.5) is 0 Å². The van der Waals surface area contributed by atoms with Gasteiger partial charge in [0, 0.05) is 24.4 Å². The number of benzene rings is 2. The first-order valence-electron chi connectivity index (χ1n) is 8.12. The zero-order valence-electron chi connectivity index (χ0n) is 13.2. The van der Waals surface area contributed by atoms with Crippen molar-refractivity contribution < 1.29 is 5.11 Å². The molecule has 1 heterocycles. The van der Waals surface area contributed by atoms with Crippen LogP contribution in [0.1, 0.15) is 17.7 Å². The number of aliphatic hydroxyl groups is 1. The molecule has 3 rings (SSSR count). The van der Waals surface area contributed by atoms with Crippen LogP contribution >= 0.6 is 0 Å². The zero-order valence-corrected chi connectivity index (χ0v) is 13.2. The fourth-order valence-electron chi connectivity index (χ4n) is 2.85. The number of aromatic nitrogens is 2. The summed E-state index contributed by atoms with van der Waals surface area (Å²) in [7, 11) is 0. The molecule has 0 aliphatic rings. The highest BCUT2D eigenvalue weighted by Crippen LogP contribution is 2.23. The molecule has 3 heteroatoms. The van der Waals surface area contributed by atoms with E-state index in [1.54, 1.807) is 0 Å². The highest BCUT2D eigenvalue weighted by atomic mass is 16.3.